The summed E-state index contributed by atoms with van der Waals surface area (Å²) < 4.78 is 47.7. The fourth-order valence-electron chi connectivity index (χ4n) is 3.94. The second kappa shape index (κ2) is 9.31. The van der Waals surface area contributed by atoms with Gasteiger partial charge in [0.1, 0.15) is 0 Å². The first-order valence-corrected chi connectivity index (χ1v) is 12.8. The molecule has 1 aromatic rings. The van der Waals surface area contributed by atoms with Crippen LogP contribution in [0.5, 0.6) is 5.75 Å². The Morgan fingerprint density at radius 1 is 1.19 bits per heavy atom. The summed E-state index contributed by atoms with van der Waals surface area (Å²) in [4.78, 5) is 22.9. The van der Waals surface area contributed by atoms with Crippen LogP contribution >= 0.6 is 0 Å². The van der Waals surface area contributed by atoms with E-state index in [1.54, 1.807) is 24.3 Å². The molecular formula is C23H29FN2O5S. The Balaban J connectivity index is 1.29. The van der Waals surface area contributed by atoms with E-state index in [4.69, 9.17) is 4.74 Å². The molecule has 2 N–H and O–H groups in total. The zero-order valence-corrected chi connectivity index (χ0v) is 18.8. The normalized spacial score (nSPS) is 22.7. The van der Waals surface area contributed by atoms with Gasteiger partial charge in [-0.3, -0.25) is 14.9 Å². The largest absolute Gasteiger partial charge is 0.490 e. The number of nitrogens with one attached hydrogen (secondary N) is 2. The number of piperidine rings is 1. The first-order chi connectivity index (χ1) is 15.3. The summed E-state index contributed by atoms with van der Waals surface area (Å²) >= 11 is 0. The average Bonchev–Trinajstić information content (AvgIpc) is 3.65. The van der Waals surface area contributed by atoms with Gasteiger partial charge in [-0.2, -0.15) is 0 Å². The number of hydrogen-bond acceptors (Lipinski definition) is 5. The van der Waals surface area contributed by atoms with Crippen molar-refractivity contribution in [3.63, 3.8) is 0 Å². The molecule has 3 fully saturated rings. The van der Waals surface area contributed by atoms with Crippen LogP contribution in [-0.2, 0) is 25.2 Å². The van der Waals surface area contributed by atoms with Gasteiger partial charge >= 0.3 is 0 Å². The Bertz CT molecular complexity index is 1020. The van der Waals surface area contributed by atoms with Crippen LogP contribution in [0.1, 0.15) is 56.9 Å². The van der Waals surface area contributed by atoms with Gasteiger partial charge in [-0.25, -0.2) is 17.5 Å². The molecule has 4 rings (SSSR count). The maximum absolute atomic E-state index is 14.1. The predicted molar refractivity (Wildman–Crippen MR) is 117 cm³/mol. The van der Waals surface area contributed by atoms with Gasteiger partial charge < -0.3 is 4.74 Å². The molecule has 9 heteroatoms. The van der Waals surface area contributed by atoms with Crippen molar-refractivity contribution in [2.24, 2.45) is 11.8 Å². The zero-order chi connectivity index (χ0) is 22.8. The smallest absolute Gasteiger partial charge is 0.229 e. The van der Waals surface area contributed by atoms with E-state index in [0.717, 1.165) is 18.4 Å². The first kappa shape index (κ1) is 22.9. The topological polar surface area (TPSA) is 102 Å². The third-order valence-electron chi connectivity index (χ3n) is 6.27. The van der Waals surface area contributed by atoms with E-state index in [1.807, 2.05) is 0 Å². The number of carbonyl (C=O) groups excluding carboxylic acids is 2. The van der Waals surface area contributed by atoms with Gasteiger partial charge in [0.05, 0.1) is 17.9 Å². The van der Waals surface area contributed by atoms with E-state index in [2.05, 4.69) is 10.0 Å². The number of rotatable bonds is 11. The Kier molecular flexibility index (Phi) is 6.67. The van der Waals surface area contributed by atoms with Gasteiger partial charge in [-0.15, -0.1) is 0 Å². The standard InChI is InChI=1S/C23H29FN2O5S/c24-19-9-8-18(14-20(19)31-15-16-5-6-16)23(11-12-23)26-32(29,30)13-3-1-2-4-17-7-10-21(27)25-22(17)28/h1,3,8-9,14,16-17,26H,2,4-7,10-13,15H2,(H,25,27,28)/b3-1+. The highest BCUT2D eigenvalue weighted by molar-refractivity contribution is 7.89. The maximum atomic E-state index is 14.1. The summed E-state index contributed by atoms with van der Waals surface area (Å²) in [5.41, 5.74) is 0.0141. The number of sulfonamides is 1. The van der Waals surface area contributed by atoms with E-state index in [1.165, 1.54) is 6.07 Å². The van der Waals surface area contributed by atoms with Crippen LogP contribution in [0.15, 0.2) is 30.4 Å². The van der Waals surface area contributed by atoms with Crippen LogP contribution < -0.4 is 14.8 Å². The van der Waals surface area contributed by atoms with Crippen molar-refractivity contribution in [3.05, 3.63) is 41.7 Å². The molecule has 1 aliphatic heterocycles. The molecule has 0 aromatic heterocycles. The van der Waals surface area contributed by atoms with Crippen molar-refractivity contribution < 1.29 is 27.1 Å². The maximum Gasteiger partial charge on any atom is 0.229 e. The lowest BCUT2D eigenvalue weighted by molar-refractivity contribution is -0.136. The van der Waals surface area contributed by atoms with Gasteiger partial charge in [0.25, 0.3) is 0 Å². The zero-order valence-electron chi connectivity index (χ0n) is 17.9. The number of hydrogen-bond donors (Lipinski definition) is 2. The molecular weight excluding hydrogens is 435 g/mol. The van der Waals surface area contributed by atoms with Crippen LogP contribution in [0, 0.1) is 17.7 Å². The minimum absolute atomic E-state index is 0.170. The lowest BCUT2D eigenvalue weighted by atomic mass is 9.93. The first-order valence-electron chi connectivity index (χ1n) is 11.2. The molecule has 0 radical (unpaired) electrons. The molecule has 1 aromatic carbocycles. The van der Waals surface area contributed by atoms with Crippen LogP contribution in [0.2, 0.25) is 0 Å². The van der Waals surface area contributed by atoms with Crippen molar-refractivity contribution in [1.82, 2.24) is 10.0 Å². The SMILES string of the molecule is O=C1CCC(CC/C=C/CS(=O)(=O)NC2(c3ccc(F)c(OCC4CC4)c3)CC2)C(=O)N1. The third kappa shape index (κ3) is 5.95. The van der Waals surface area contributed by atoms with E-state index < -0.39 is 21.4 Å². The van der Waals surface area contributed by atoms with Crippen molar-refractivity contribution in [3.8, 4) is 5.75 Å². The lowest BCUT2D eigenvalue weighted by Gasteiger charge is -2.20. The molecule has 0 spiro atoms. The fraction of sp³-hybridized carbons (Fsp3) is 0.565. The molecule has 1 atom stereocenters. The number of halogens is 1. The monoisotopic (exact) mass is 464 g/mol. The molecule has 2 saturated carbocycles. The van der Waals surface area contributed by atoms with Crippen LogP contribution in [0.25, 0.3) is 0 Å². The van der Waals surface area contributed by atoms with Crippen LogP contribution in [0.3, 0.4) is 0 Å². The van der Waals surface area contributed by atoms with Crippen molar-refractivity contribution >= 4 is 21.8 Å². The lowest BCUT2D eigenvalue weighted by Crippen LogP contribution is -2.40. The van der Waals surface area contributed by atoms with Crippen molar-refractivity contribution in [1.29, 1.82) is 0 Å². The third-order valence-corrected chi connectivity index (χ3v) is 7.61. The highest BCUT2D eigenvalue weighted by atomic mass is 32.2. The van der Waals surface area contributed by atoms with E-state index in [-0.39, 0.29) is 29.2 Å². The second-order valence-electron chi connectivity index (χ2n) is 9.06. The molecule has 3 aliphatic rings. The molecule has 0 bridgehead atoms. The summed E-state index contributed by atoms with van der Waals surface area (Å²) in [5, 5.41) is 2.33. The minimum Gasteiger partial charge on any atom is -0.490 e. The number of benzene rings is 1. The molecule has 32 heavy (non-hydrogen) atoms. The number of imide groups is 1. The Morgan fingerprint density at radius 3 is 2.66 bits per heavy atom. The summed E-state index contributed by atoms with van der Waals surface area (Å²) in [7, 11) is -3.58. The Morgan fingerprint density at radius 2 is 1.97 bits per heavy atom. The minimum atomic E-state index is -3.58. The predicted octanol–water partition coefficient (Wildman–Crippen LogP) is 2.91. The quantitative estimate of drug-likeness (QED) is 0.387. The Labute approximate surface area is 187 Å². The highest BCUT2D eigenvalue weighted by Gasteiger charge is 2.47. The molecule has 1 heterocycles. The summed E-state index contributed by atoms with van der Waals surface area (Å²) in [6, 6.07) is 4.56. The molecule has 7 nitrogen and oxygen atoms in total. The van der Waals surface area contributed by atoms with Gasteiger partial charge in [0.15, 0.2) is 11.6 Å². The van der Waals surface area contributed by atoms with Gasteiger partial charge in [-0.1, -0.05) is 18.2 Å². The summed E-state index contributed by atoms with van der Waals surface area (Å²) in [6.45, 7) is 0.489. The molecule has 1 saturated heterocycles. The Hall–Kier alpha value is -2.26. The molecule has 2 aliphatic carbocycles. The molecule has 2 amide bonds. The van der Waals surface area contributed by atoms with Crippen molar-refractivity contribution in [2.45, 2.75) is 56.9 Å². The number of carbonyl (C=O) groups is 2. The average molecular weight is 465 g/mol. The van der Waals surface area contributed by atoms with E-state index in [9.17, 15) is 22.4 Å². The molecule has 1 unspecified atom stereocenters. The van der Waals surface area contributed by atoms with Gasteiger partial charge in [0.2, 0.25) is 21.8 Å². The van der Waals surface area contributed by atoms with Crippen LogP contribution in [-0.4, -0.2) is 32.6 Å². The fourth-order valence-corrected chi connectivity index (χ4v) is 5.33. The van der Waals surface area contributed by atoms with Crippen LogP contribution in [0.4, 0.5) is 4.39 Å². The number of ether oxygens (including phenoxy) is 1. The highest BCUT2D eigenvalue weighted by Crippen LogP contribution is 2.47. The van der Waals surface area contributed by atoms with E-state index in [0.29, 0.717) is 51.0 Å². The number of allylic oxidation sites excluding steroid dienone is 1. The van der Waals surface area contributed by atoms with Crippen molar-refractivity contribution in [2.75, 3.05) is 12.4 Å². The summed E-state index contributed by atoms with van der Waals surface area (Å²) in [6.07, 6.45) is 8.86. The van der Waals surface area contributed by atoms with E-state index >= 15 is 0 Å². The number of amides is 2. The second-order valence-corrected chi connectivity index (χ2v) is 10.8. The van der Waals surface area contributed by atoms with Gasteiger partial charge in [0, 0.05) is 12.3 Å². The molecule has 174 valence electrons. The summed E-state index contributed by atoms with van der Waals surface area (Å²) in [5.74, 6) is -0.642. The van der Waals surface area contributed by atoms with Gasteiger partial charge in [-0.05, 0) is 68.6 Å².